The molecule has 0 saturated heterocycles. The lowest BCUT2D eigenvalue weighted by atomic mass is 10.2. The fourth-order valence-electron chi connectivity index (χ4n) is 1.42. The van der Waals surface area contributed by atoms with Gasteiger partial charge in [-0.1, -0.05) is 6.07 Å². The Hall–Kier alpha value is -1.80. The molecule has 0 bridgehead atoms. The van der Waals surface area contributed by atoms with Crippen LogP contribution in [0.1, 0.15) is 10.4 Å². The first-order chi connectivity index (χ1) is 9.88. The number of nitrogens with one attached hydrogen (secondary N) is 1. The lowest BCUT2D eigenvalue weighted by molar-refractivity contribution is -0.173. The maximum absolute atomic E-state index is 11.8. The van der Waals surface area contributed by atoms with Crippen molar-refractivity contribution in [2.75, 3.05) is 32.9 Å². The summed E-state index contributed by atoms with van der Waals surface area (Å²) in [6, 6.07) is 6.04. The molecule has 0 amide bonds. The summed E-state index contributed by atoms with van der Waals surface area (Å²) in [6.07, 6.45) is -4.31. The Bertz CT molecular complexity index is 451. The summed E-state index contributed by atoms with van der Waals surface area (Å²) in [5, 5.41) is 11.6. The molecule has 0 aliphatic carbocycles. The summed E-state index contributed by atoms with van der Waals surface area (Å²) in [7, 11) is 0. The van der Waals surface area contributed by atoms with Crippen LogP contribution in [-0.4, -0.2) is 50.2 Å². The number of hydrogen-bond donors (Lipinski definition) is 2. The zero-order valence-corrected chi connectivity index (χ0v) is 11.2. The van der Waals surface area contributed by atoms with Crippen LogP contribution in [0.5, 0.6) is 5.75 Å². The predicted molar refractivity (Wildman–Crippen MR) is 68.6 cm³/mol. The average Bonchev–Trinajstić information content (AvgIpc) is 2.41. The van der Waals surface area contributed by atoms with Crippen molar-refractivity contribution < 1.29 is 32.5 Å². The first kappa shape index (κ1) is 17.3. The summed E-state index contributed by atoms with van der Waals surface area (Å²) in [5.74, 6) is -0.620. The number of hydrogen-bond acceptors (Lipinski definition) is 4. The van der Waals surface area contributed by atoms with Crippen LogP contribution < -0.4 is 10.1 Å². The topological polar surface area (TPSA) is 67.8 Å². The Morgan fingerprint density at radius 1 is 1.24 bits per heavy atom. The van der Waals surface area contributed by atoms with Crippen LogP contribution in [-0.2, 0) is 4.74 Å². The van der Waals surface area contributed by atoms with Gasteiger partial charge in [0.25, 0.3) is 0 Å². The maximum atomic E-state index is 11.8. The molecule has 1 rings (SSSR count). The number of aromatic carboxylic acids is 1. The van der Waals surface area contributed by atoms with Gasteiger partial charge in [-0.15, -0.1) is 0 Å². The number of ether oxygens (including phenoxy) is 2. The van der Waals surface area contributed by atoms with Crippen LogP contribution in [0.4, 0.5) is 13.2 Å². The van der Waals surface area contributed by atoms with Crippen LogP contribution in [0.2, 0.25) is 0 Å². The molecule has 0 aliphatic heterocycles. The standard InChI is InChI=1S/C13H16F3NO4/c14-13(15,16)9-20-6-4-17-5-7-21-11-3-1-2-10(8-11)12(18)19/h1-3,8,17H,4-7,9H2,(H,18,19). The monoisotopic (exact) mass is 307 g/mol. The molecule has 0 radical (unpaired) electrons. The van der Waals surface area contributed by atoms with Gasteiger partial charge in [-0.3, -0.25) is 0 Å². The number of rotatable bonds is 9. The Morgan fingerprint density at radius 2 is 1.95 bits per heavy atom. The Balaban J connectivity index is 2.09. The number of benzene rings is 1. The molecule has 0 spiro atoms. The minimum Gasteiger partial charge on any atom is -0.492 e. The van der Waals surface area contributed by atoms with Crippen molar-refractivity contribution in [2.24, 2.45) is 0 Å². The van der Waals surface area contributed by atoms with Gasteiger partial charge in [0.15, 0.2) is 0 Å². The fourth-order valence-corrected chi connectivity index (χ4v) is 1.42. The first-order valence-corrected chi connectivity index (χ1v) is 6.20. The molecule has 21 heavy (non-hydrogen) atoms. The number of alkyl halides is 3. The van der Waals surface area contributed by atoms with E-state index in [9.17, 15) is 18.0 Å². The highest BCUT2D eigenvalue weighted by atomic mass is 19.4. The van der Waals surface area contributed by atoms with Crippen molar-refractivity contribution in [3.63, 3.8) is 0 Å². The van der Waals surface area contributed by atoms with Gasteiger partial charge in [0.05, 0.1) is 12.2 Å². The van der Waals surface area contributed by atoms with Gasteiger partial charge in [-0.2, -0.15) is 13.2 Å². The third-order valence-electron chi connectivity index (χ3n) is 2.32. The molecule has 2 N–H and O–H groups in total. The van der Waals surface area contributed by atoms with Crippen molar-refractivity contribution in [3.05, 3.63) is 29.8 Å². The largest absolute Gasteiger partial charge is 0.492 e. The minimum absolute atomic E-state index is 0.0476. The lowest BCUT2D eigenvalue weighted by Crippen LogP contribution is -2.27. The second-order valence-corrected chi connectivity index (χ2v) is 4.10. The average molecular weight is 307 g/mol. The molecule has 118 valence electrons. The Labute approximate surface area is 119 Å². The Morgan fingerprint density at radius 3 is 2.62 bits per heavy atom. The van der Waals surface area contributed by atoms with Crippen LogP contribution in [0, 0.1) is 0 Å². The molecule has 8 heteroatoms. The van der Waals surface area contributed by atoms with Crippen molar-refractivity contribution in [2.45, 2.75) is 6.18 Å². The first-order valence-electron chi connectivity index (χ1n) is 6.20. The molecule has 0 saturated carbocycles. The van der Waals surface area contributed by atoms with Gasteiger partial charge in [-0.05, 0) is 18.2 Å². The SMILES string of the molecule is O=C(O)c1cccc(OCCNCCOCC(F)(F)F)c1. The number of carboxylic acid groups (broad SMARTS) is 1. The zero-order chi connectivity index (χ0) is 15.7. The molecule has 0 aromatic heterocycles. The molecule has 0 atom stereocenters. The van der Waals surface area contributed by atoms with Gasteiger partial charge in [0.1, 0.15) is 19.0 Å². The second-order valence-electron chi connectivity index (χ2n) is 4.10. The lowest BCUT2D eigenvalue weighted by Gasteiger charge is -2.09. The van der Waals surface area contributed by atoms with Crippen LogP contribution in [0.3, 0.4) is 0 Å². The smallest absolute Gasteiger partial charge is 0.411 e. The van der Waals surface area contributed by atoms with Crippen molar-refractivity contribution in [3.8, 4) is 5.75 Å². The summed E-state index contributed by atoms with van der Waals surface area (Å²) in [6.45, 7) is -0.356. The van der Waals surface area contributed by atoms with E-state index in [-0.39, 0.29) is 25.3 Å². The highest BCUT2D eigenvalue weighted by Gasteiger charge is 2.27. The molecular weight excluding hydrogens is 291 g/mol. The molecule has 0 fully saturated rings. The molecule has 1 aromatic carbocycles. The normalized spacial score (nSPS) is 11.4. The van der Waals surface area contributed by atoms with E-state index in [0.29, 0.717) is 12.3 Å². The van der Waals surface area contributed by atoms with Crippen LogP contribution in [0.15, 0.2) is 24.3 Å². The van der Waals surface area contributed by atoms with E-state index in [1.54, 1.807) is 12.1 Å². The van der Waals surface area contributed by atoms with Crippen molar-refractivity contribution >= 4 is 5.97 Å². The Kier molecular flexibility index (Phi) is 6.97. The summed E-state index contributed by atoms with van der Waals surface area (Å²) < 4.78 is 45.0. The van der Waals surface area contributed by atoms with E-state index in [4.69, 9.17) is 9.84 Å². The highest BCUT2D eigenvalue weighted by molar-refractivity contribution is 5.87. The number of carbonyl (C=O) groups is 1. The molecule has 0 aliphatic rings. The maximum Gasteiger partial charge on any atom is 0.411 e. The van der Waals surface area contributed by atoms with Crippen LogP contribution in [0.25, 0.3) is 0 Å². The minimum atomic E-state index is -4.31. The molecule has 5 nitrogen and oxygen atoms in total. The van der Waals surface area contributed by atoms with E-state index < -0.39 is 18.8 Å². The fraction of sp³-hybridized carbons (Fsp3) is 0.462. The molecule has 0 heterocycles. The number of halogens is 3. The highest BCUT2D eigenvalue weighted by Crippen LogP contribution is 2.14. The van der Waals surface area contributed by atoms with E-state index in [1.165, 1.54) is 12.1 Å². The van der Waals surface area contributed by atoms with Gasteiger partial charge >= 0.3 is 12.1 Å². The second kappa shape index (κ2) is 8.48. The predicted octanol–water partition coefficient (Wildman–Crippen LogP) is 1.93. The molecule has 0 unspecified atom stereocenters. The van der Waals surface area contributed by atoms with Crippen molar-refractivity contribution in [1.82, 2.24) is 5.32 Å². The number of carboxylic acids is 1. The summed E-state index contributed by atoms with van der Waals surface area (Å²) in [5.41, 5.74) is 0.126. The van der Waals surface area contributed by atoms with E-state index in [2.05, 4.69) is 10.1 Å². The molecular formula is C13H16F3NO4. The zero-order valence-electron chi connectivity index (χ0n) is 11.2. The van der Waals surface area contributed by atoms with Crippen molar-refractivity contribution in [1.29, 1.82) is 0 Å². The van der Waals surface area contributed by atoms with E-state index in [0.717, 1.165) is 0 Å². The molecule has 1 aromatic rings. The van der Waals surface area contributed by atoms with E-state index in [1.807, 2.05) is 0 Å². The quantitative estimate of drug-likeness (QED) is 0.682. The van der Waals surface area contributed by atoms with Gasteiger partial charge in [0.2, 0.25) is 0 Å². The van der Waals surface area contributed by atoms with Gasteiger partial charge in [0, 0.05) is 13.1 Å². The summed E-state index contributed by atoms with van der Waals surface area (Å²) in [4.78, 5) is 10.7. The third kappa shape index (κ3) is 8.16. The van der Waals surface area contributed by atoms with Gasteiger partial charge < -0.3 is 19.9 Å². The van der Waals surface area contributed by atoms with Crippen LogP contribution >= 0.6 is 0 Å². The van der Waals surface area contributed by atoms with E-state index >= 15 is 0 Å². The summed E-state index contributed by atoms with van der Waals surface area (Å²) >= 11 is 0. The third-order valence-corrected chi connectivity index (χ3v) is 2.32. The van der Waals surface area contributed by atoms with Gasteiger partial charge in [-0.25, -0.2) is 4.79 Å².